The minimum absolute atomic E-state index is 0.0364. The Labute approximate surface area is 539 Å². The number of piperidine rings is 2. The first-order valence-corrected chi connectivity index (χ1v) is 34.6. The van der Waals surface area contributed by atoms with Crippen LogP contribution in [0.25, 0.3) is 0 Å². The molecule has 7 aromatic rings. The van der Waals surface area contributed by atoms with Crippen LogP contribution in [0.1, 0.15) is 44.1 Å². The minimum Gasteiger partial charge on any atom is -0.457 e. The predicted octanol–water partition coefficient (Wildman–Crippen LogP) is 9.15. The molecule has 18 nitrogen and oxygen atoms in total. The van der Waals surface area contributed by atoms with E-state index in [0.717, 1.165) is 15.4 Å². The first kappa shape index (κ1) is 69.7. The van der Waals surface area contributed by atoms with Crippen LogP contribution in [0.4, 0.5) is 4.39 Å². The van der Waals surface area contributed by atoms with E-state index in [9.17, 15) is 59.3 Å². The van der Waals surface area contributed by atoms with Crippen LogP contribution in [-0.2, 0) is 55.4 Å². The molecule has 4 N–H and O–H groups in total. The lowest BCUT2D eigenvalue weighted by Crippen LogP contribution is -2.58. The van der Waals surface area contributed by atoms with E-state index in [4.69, 9.17) is 32.2 Å². The number of halogens is 2. The van der Waals surface area contributed by atoms with E-state index in [1.165, 1.54) is 66.4 Å². The number of terminal acetylenes is 1. The number of aliphatic hydroxyl groups is 3. The van der Waals surface area contributed by atoms with E-state index in [1.54, 1.807) is 66.7 Å². The molecule has 0 atom stereocenters. The third kappa shape index (κ3) is 17.1. The highest BCUT2D eigenvalue weighted by molar-refractivity contribution is 7.99. The number of hydrogen-bond donors (Lipinski definition) is 4. The van der Waals surface area contributed by atoms with E-state index in [0.29, 0.717) is 61.5 Å². The third-order valence-corrected chi connectivity index (χ3v) is 24.0. The number of sulfone groups is 2. The Morgan fingerprint density at radius 3 is 1.51 bits per heavy atom. The molecule has 0 unspecified atom stereocenters. The number of hydrogen-bond acceptors (Lipinski definition) is 18. The summed E-state index contributed by atoms with van der Waals surface area (Å²) in [5, 5.41) is 29.0. The monoisotopic (exact) mass is 1340 g/mol. The Bertz CT molecular complexity index is 3980. The zero-order valence-electron chi connectivity index (χ0n) is 49.4. The second kappa shape index (κ2) is 31.4. The number of benzene rings is 7. The van der Waals surface area contributed by atoms with Crippen molar-refractivity contribution in [3.63, 3.8) is 0 Å². The van der Waals surface area contributed by atoms with Gasteiger partial charge in [-0.3, -0.25) is 24.2 Å². The number of rotatable bonds is 22. The Kier molecular flexibility index (Phi) is 24.1. The molecule has 0 bridgehead atoms. The molecule has 3 heterocycles. The summed E-state index contributed by atoms with van der Waals surface area (Å²) in [5.74, 6) is 1.83. The van der Waals surface area contributed by atoms with Gasteiger partial charge in [-0.2, -0.15) is 4.72 Å². The van der Waals surface area contributed by atoms with Gasteiger partial charge in [-0.1, -0.05) is 83.9 Å². The maximum absolute atomic E-state index is 13.7. The fourth-order valence-corrected chi connectivity index (χ4v) is 17.4. The Balaban J connectivity index is 0.000000177. The molecule has 3 saturated heterocycles. The van der Waals surface area contributed by atoms with Crippen LogP contribution in [0.2, 0.25) is 5.02 Å². The fourth-order valence-electron chi connectivity index (χ4n) is 10.9. The molecule has 10 rings (SSSR count). The second-order valence-corrected chi connectivity index (χ2v) is 29.5. The summed E-state index contributed by atoms with van der Waals surface area (Å²) in [6, 6.07) is 50.1. The lowest BCUT2D eigenvalue weighted by molar-refractivity contribution is -0.131. The first-order valence-electron chi connectivity index (χ1n) is 29.0. The number of nitrogens with one attached hydrogen (secondary N) is 1. The summed E-state index contributed by atoms with van der Waals surface area (Å²) in [7, 11) is -12.1. The minimum atomic E-state index is -4.07. The molecule has 3 aliphatic rings. The molecule has 0 saturated carbocycles. The molecule has 7 aromatic carbocycles. The summed E-state index contributed by atoms with van der Waals surface area (Å²) in [5.41, 5.74) is -0.276. The summed E-state index contributed by atoms with van der Waals surface area (Å²) in [4.78, 5) is 43.7. The van der Waals surface area contributed by atoms with Crippen LogP contribution in [0.3, 0.4) is 0 Å². The molecule has 0 aromatic heterocycles. The zero-order chi connectivity index (χ0) is 65.3. The van der Waals surface area contributed by atoms with Crippen molar-refractivity contribution in [3.8, 4) is 35.3 Å². The van der Waals surface area contributed by atoms with Crippen molar-refractivity contribution in [2.45, 2.75) is 84.6 Å². The predicted molar refractivity (Wildman–Crippen MR) is 343 cm³/mol. The van der Waals surface area contributed by atoms with Crippen molar-refractivity contribution < 1.29 is 73.6 Å². The third-order valence-electron chi connectivity index (χ3n) is 16.0. The van der Waals surface area contributed by atoms with Gasteiger partial charge in [0.1, 0.15) is 58.1 Å². The number of ether oxygens (including phenoxy) is 3. The van der Waals surface area contributed by atoms with Crippen molar-refractivity contribution in [2.75, 3.05) is 65.8 Å². The number of nitrogens with zero attached hydrogens (tertiary/aromatic N) is 2. The van der Waals surface area contributed by atoms with Crippen LogP contribution in [0.15, 0.2) is 206 Å². The lowest BCUT2D eigenvalue weighted by Gasteiger charge is -2.39. The van der Waals surface area contributed by atoms with Crippen LogP contribution in [0.5, 0.6) is 23.0 Å². The van der Waals surface area contributed by atoms with Gasteiger partial charge in [-0.15, -0.1) is 6.42 Å². The van der Waals surface area contributed by atoms with E-state index in [1.807, 2.05) is 65.6 Å². The van der Waals surface area contributed by atoms with E-state index in [2.05, 4.69) is 15.5 Å². The SMILES string of the molecule is C#CCN1CCC(C(=O)CO)(S(=O)(=O)c2ccc(Sc3ccccc3)cc2)CC1.O=C(CO)C1(NS(=O)(=O)c2cccc(Oc3ccc(F)cc3)c2)CCOCC1.O=C(CO)C1(S(=O)(=O)c2ccc(Oc3ccc(Cl)cc3)cc2)CCN(Cc2ccccc2)CC1. The van der Waals surface area contributed by atoms with Crippen molar-refractivity contribution in [2.24, 2.45) is 0 Å². The van der Waals surface area contributed by atoms with Crippen molar-refractivity contribution >= 4 is 70.4 Å². The molecule has 0 radical (unpaired) electrons. The molecule has 24 heteroatoms. The van der Waals surface area contributed by atoms with Gasteiger partial charge < -0.3 is 29.5 Å². The molecule has 0 aliphatic carbocycles. The number of carbonyl (C=O) groups is 3. The highest BCUT2D eigenvalue weighted by Crippen LogP contribution is 2.40. The Hall–Kier alpha value is -7.15. The molecule has 91 heavy (non-hydrogen) atoms. The highest BCUT2D eigenvalue weighted by Gasteiger charge is 2.53. The Morgan fingerprint density at radius 2 is 1.00 bits per heavy atom. The van der Waals surface area contributed by atoms with Gasteiger partial charge in [-0.05, 0) is 165 Å². The quantitative estimate of drug-likeness (QED) is 0.0461. The van der Waals surface area contributed by atoms with E-state index < -0.39 is 87.7 Å². The van der Waals surface area contributed by atoms with Crippen molar-refractivity contribution in [1.29, 1.82) is 0 Å². The van der Waals surface area contributed by atoms with Crippen LogP contribution >= 0.6 is 23.4 Å². The number of aliphatic hydroxyl groups excluding tert-OH is 3. The normalized spacial score (nSPS) is 16.5. The highest BCUT2D eigenvalue weighted by atomic mass is 35.5. The van der Waals surface area contributed by atoms with Gasteiger partial charge >= 0.3 is 0 Å². The van der Waals surface area contributed by atoms with Crippen molar-refractivity contribution in [1.82, 2.24) is 14.5 Å². The topological polar surface area (TPSA) is 261 Å². The van der Waals surface area contributed by atoms with E-state index >= 15 is 0 Å². The largest absolute Gasteiger partial charge is 0.457 e. The molecule has 3 aliphatic heterocycles. The standard InChI is InChI=1S/C26H26ClNO5S.C22H23NO4S2.C19H20FNO6S/c27-21-6-8-22(9-7-21)33-23-10-12-24(13-11-23)34(31,32)26(25(30)19-29)14-16-28(17-15-26)18-20-4-2-1-3-5-20;1-2-14-23-15-12-22(13-16-23,21(25)17-24)29(26,27)20-10-8-19(9-11-20)28-18-6-4-3-5-7-18;20-14-4-6-15(7-5-14)27-16-2-1-3-17(12-16)28(24,25)21-19(18(23)13-22)8-10-26-11-9-19/h1-13,29H,14-19H2;1,3-11,24H,12-17H2;1-7,12,21-22H,8-11,13H2. The van der Waals surface area contributed by atoms with Gasteiger partial charge in [0.05, 0.1) is 26.8 Å². The summed E-state index contributed by atoms with van der Waals surface area (Å²) in [6.07, 6.45) is 6.12. The maximum atomic E-state index is 13.7. The van der Waals surface area contributed by atoms with E-state index in [-0.39, 0.29) is 72.2 Å². The molecule has 3 fully saturated rings. The maximum Gasteiger partial charge on any atom is 0.241 e. The summed E-state index contributed by atoms with van der Waals surface area (Å²) < 4.78 is 109. The first-order chi connectivity index (χ1) is 43.6. The fraction of sp³-hybridized carbons (Fsp3) is 0.299. The summed E-state index contributed by atoms with van der Waals surface area (Å²) in [6.45, 7) is 0.825. The molecule has 0 spiro atoms. The number of Topliss-reactive ketones (excluding diaryl/α,β-unsaturated/α-hetero) is 3. The Morgan fingerprint density at radius 1 is 0.549 bits per heavy atom. The van der Waals surface area contributed by atoms with Crippen LogP contribution in [-0.4, -0.2) is 149 Å². The van der Waals surface area contributed by atoms with Crippen LogP contribution < -0.4 is 14.2 Å². The molecular formula is C67H69ClFN3O15S4. The van der Waals surface area contributed by atoms with Gasteiger partial charge in [-0.25, -0.2) is 29.6 Å². The number of ketones is 3. The second-order valence-electron chi connectivity index (χ2n) is 21.7. The van der Waals surface area contributed by atoms with Gasteiger partial charge in [0.25, 0.3) is 0 Å². The van der Waals surface area contributed by atoms with Gasteiger partial charge in [0, 0.05) is 66.8 Å². The molecular weight excluding hydrogens is 1270 g/mol. The summed E-state index contributed by atoms with van der Waals surface area (Å²) >= 11 is 7.42. The van der Waals surface area contributed by atoms with Gasteiger partial charge in [0.2, 0.25) is 10.0 Å². The van der Waals surface area contributed by atoms with Crippen LogP contribution in [0, 0.1) is 18.2 Å². The molecule has 480 valence electrons. The molecule has 0 amide bonds. The number of sulfonamides is 1. The average Bonchev–Trinajstić information content (AvgIpc) is 0.787. The van der Waals surface area contributed by atoms with Crippen molar-refractivity contribution in [3.05, 3.63) is 198 Å². The lowest BCUT2D eigenvalue weighted by atomic mass is 9.87. The van der Waals surface area contributed by atoms with Gasteiger partial charge in [0.15, 0.2) is 37.0 Å². The number of likely N-dealkylation sites (tertiary alicyclic amines) is 2. The zero-order valence-corrected chi connectivity index (χ0v) is 53.5. The number of carbonyl (C=O) groups excluding carboxylic acids is 3. The smallest absolute Gasteiger partial charge is 0.241 e. The average molecular weight is 1340 g/mol.